The number of halogens is 2. The molecule has 1 aromatic carbocycles. The number of thiophene rings is 1. The molecule has 2 aromatic heterocycles. The first-order valence-corrected chi connectivity index (χ1v) is 9.67. The van der Waals surface area contributed by atoms with Gasteiger partial charge in [0.25, 0.3) is 0 Å². The Morgan fingerprint density at radius 2 is 2.12 bits per heavy atom. The Labute approximate surface area is 165 Å². The lowest BCUT2D eigenvalue weighted by molar-refractivity contribution is -0.931. The van der Waals surface area contributed by atoms with Crippen LogP contribution in [0, 0.1) is 10.6 Å². The number of nitrogens with one attached hydrogen (secondary N) is 1. The van der Waals surface area contributed by atoms with Crippen molar-refractivity contribution in [3.8, 4) is 11.4 Å². The highest BCUT2D eigenvalue weighted by Crippen LogP contribution is 2.21. The molecule has 0 amide bonds. The Morgan fingerprint density at radius 3 is 2.77 bits per heavy atom. The average Bonchev–Trinajstić information content (AvgIpc) is 3.14. The third-order valence-electron chi connectivity index (χ3n) is 4.02. The Kier molecular flexibility index (Phi) is 6.03. The van der Waals surface area contributed by atoms with Crippen LogP contribution >= 0.6 is 35.2 Å². The van der Waals surface area contributed by atoms with E-state index in [0.29, 0.717) is 22.8 Å². The molecular formula is C18H19ClFN4S2+. The summed E-state index contributed by atoms with van der Waals surface area (Å²) in [5.74, 6) is 0.205. The third kappa shape index (κ3) is 4.12. The zero-order valence-electron chi connectivity index (χ0n) is 14.3. The van der Waals surface area contributed by atoms with Gasteiger partial charge in [0, 0.05) is 7.05 Å². The Hall–Kier alpha value is -1.80. The van der Waals surface area contributed by atoms with Gasteiger partial charge >= 0.3 is 0 Å². The predicted molar refractivity (Wildman–Crippen MR) is 106 cm³/mol. The summed E-state index contributed by atoms with van der Waals surface area (Å²) in [5, 5.41) is 4.57. The van der Waals surface area contributed by atoms with Crippen molar-refractivity contribution < 1.29 is 9.29 Å². The molecule has 2 heterocycles. The van der Waals surface area contributed by atoms with E-state index in [4.69, 9.17) is 23.8 Å². The Morgan fingerprint density at radius 1 is 1.35 bits per heavy atom. The number of hydrogen-bond donors (Lipinski definition) is 1. The van der Waals surface area contributed by atoms with E-state index in [2.05, 4.69) is 11.7 Å². The van der Waals surface area contributed by atoms with Gasteiger partial charge in [-0.2, -0.15) is 4.68 Å². The van der Waals surface area contributed by atoms with E-state index >= 15 is 0 Å². The maximum atomic E-state index is 14.1. The van der Waals surface area contributed by atoms with Gasteiger partial charge in [-0.25, -0.2) is 4.39 Å². The van der Waals surface area contributed by atoms with Crippen molar-refractivity contribution in [1.29, 1.82) is 0 Å². The summed E-state index contributed by atoms with van der Waals surface area (Å²) in [4.78, 5) is 2.40. The van der Waals surface area contributed by atoms with Crippen LogP contribution in [0.15, 0.2) is 49.1 Å². The molecule has 1 atom stereocenters. The van der Waals surface area contributed by atoms with Gasteiger partial charge < -0.3 is 9.47 Å². The third-order valence-corrected chi connectivity index (χ3v) is 5.73. The number of nitrogens with zero attached hydrogens (tertiary/aromatic N) is 3. The number of rotatable bonds is 7. The smallest absolute Gasteiger partial charge is 0.202 e. The van der Waals surface area contributed by atoms with E-state index in [1.807, 2.05) is 18.2 Å². The summed E-state index contributed by atoms with van der Waals surface area (Å²) in [6.07, 6.45) is 1.87. The van der Waals surface area contributed by atoms with Crippen molar-refractivity contribution in [2.45, 2.75) is 13.2 Å². The second-order valence-corrected chi connectivity index (χ2v) is 8.09. The molecule has 0 aliphatic carbocycles. The van der Waals surface area contributed by atoms with Gasteiger partial charge in [-0.1, -0.05) is 30.3 Å². The minimum Gasteiger partial charge on any atom is -0.309 e. The second kappa shape index (κ2) is 8.26. The van der Waals surface area contributed by atoms with E-state index in [1.165, 1.54) is 15.8 Å². The highest BCUT2D eigenvalue weighted by Gasteiger charge is 2.17. The molecule has 26 heavy (non-hydrogen) atoms. The highest BCUT2D eigenvalue weighted by molar-refractivity contribution is 7.71. The second-order valence-electron chi connectivity index (χ2n) is 5.93. The molecule has 0 saturated heterocycles. The van der Waals surface area contributed by atoms with Gasteiger partial charge in [0.2, 0.25) is 4.77 Å². The topological polar surface area (TPSA) is 27.2 Å². The fourth-order valence-electron chi connectivity index (χ4n) is 2.77. The largest absolute Gasteiger partial charge is 0.309 e. The van der Waals surface area contributed by atoms with Gasteiger partial charge in [-0.15, -0.1) is 16.4 Å². The maximum absolute atomic E-state index is 14.1. The lowest BCUT2D eigenvalue weighted by Crippen LogP contribution is -3.09. The normalized spacial score (nSPS) is 12.3. The SMILES string of the molecule is C=CC[NH+](Cc1ccc(Cl)s1)Cn1nc(-c2ccccc2F)n(C)c1=S. The molecule has 136 valence electrons. The van der Waals surface area contributed by atoms with Crippen molar-refractivity contribution in [2.24, 2.45) is 7.05 Å². The molecule has 3 rings (SSSR count). The van der Waals surface area contributed by atoms with Gasteiger partial charge in [-0.3, -0.25) is 0 Å². The van der Waals surface area contributed by atoms with Crippen LogP contribution in [-0.2, 0) is 20.3 Å². The van der Waals surface area contributed by atoms with E-state index in [-0.39, 0.29) is 5.82 Å². The Bertz CT molecular complexity index is 976. The lowest BCUT2D eigenvalue weighted by atomic mass is 10.2. The van der Waals surface area contributed by atoms with E-state index < -0.39 is 0 Å². The molecule has 4 nitrogen and oxygen atoms in total. The summed E-state index contributed by atoms with van der Waals surface area (Å²) in [6.45, 7) is 5.94. The summed E-state index contributed by atoms with van der Waals surface area (Å²) in [7, 11) is 1.81. The van der Waals surface area contributed by atoms with Crippen LogP contribution in [0.1, 0.15) is 4.88 Å². The summed E-state index contributed by atoms with van der Waals surface area (Å²) >= 11 is 13.1. The zero-order valence-corrected chi connectivity index (χ0v) is 16.7. The van der Waals surface area contributed by atoms with Crippen molar-refractivity contribution in [3.63, 3.8) is 0 Å². The van der Waals surface area contributed by atoms with Crippen molar-refractivity contribution in [2.75, 3.05) is 6.54 Å². The van der Waals surface area contributed by atoms with Gasteiger partial charge in [0.05, 0.1) is 21.3 Å². The lowest BCUT2D eigenvalue weighted by Gasteiger charge is -2.16. The molecule has 0 aliphatic rings. The van der Waals surface area contributed by atoms with Gasteiger partial charge in [0.1, 0.15) is 12.4 Å². The first-order valence-electron chi connectivity index (χ1n) is 8.07. The van der Waals surface area contributed by atoms with Gasteiger partial charge in [0.15, 0.2) is 12.5 Å². The van der Waals surface area contributed by atoms with E-state index in [1.54, 1.807) is 45.8 Å². The fourth-order valence-corrected chi connectivity index (χ4v) is 4.12. The summed E-state index contributed by atoms with van der Waals surface area (Å²) in [6, 6.07) is 10.5. The van der Waals surface area contributed by atoms with Crippen LogP contribution in [0.25, 0.3) is 11.4 Å². The standard InChI is InChI=1S/C18H18ClFN4S2/c1-3-10-23(11-13-8-9-16(19)26-13)12-24-18(25)22(2)17(21-24)14-6-4-5-7-15(14)20/h3-9H,1,10-12H2,2H3/p+1. The van der Waals surface area contributed by atoms with E-state index in [0.717, 1.165) is 17.4 Å². The molecule has 8 heteroatoms. The number of aromatic nitrogens is 3. The molecule has 0 spiro atoms. The Balaban J connectivity index is 1.88. The van der Waals surface area contributed by atoms with Crippen LogP contribution in [0.5, 0.6) is 0 Å². The quantitative estimate of drug-likeness (QED) is 0.476. The summed E-state index contributed by atoms with van der Waals surface area (Å²) in [5.41, 5.74) is 0.440. The molecular weight excluding hydrogens is 391 g/mol. The maximum Gasteiger partial charge on any atom is 0.202 e. The summed E-state index contributed by atoms with van der Waals surface area (Å²) < 4.78 is 18.9. The molecule has 0 aliphatic heterocycles. The molecule has 0 bridgehead atoms. The minimum absolute atomic E-state index is 0.314. The van der Waals surface area contributed by atoms with Crippen LogP contribution in [0.2, 0.25) is 4.34 Å². The van der Waals surface area contributed by atoms with Crippen LogP contribution in [0.3, 0.4) is 0 Å². The first-order chi connectivity index (χ1) is 12.5. The zero-order chi connectivity index (χ0) is 18.7. The first kappa shape index (κ1) is 19.0. The van der Waals surface area contributed by atoms with Crippen LogP contribution in [-0.4, -0.2) is 20.9 Å². The minimum atomic E-state index is -0.314. The van der Waals surface area contributed by atoms with Gasteiger partial charge in [-0.05, 0) is 42.6 Å². The molecule has 1 N–H and O–H groups in total. The van der Waals surface area contributed by atoms with Crippen molar-refractivity contribution >= 4 is 35.2 Å². The molecule has 0 saturated carbocycles. The highest BCUT2D eigenvalue weighted by atomic mass is 35.5. The average molecular weight is 410 g/mol. The molecule has 1 unspecified atom stereocenters. The molecule has 3 aromatic rings. The molecule has 0 radical (unpaired) electrons. The molecule has 0 fully saturated rings. The van der Waals surface area contributed by atoms with Crippen LogP contribution in [0.4, 0.5) is 4.39 Å². The van der Waals surface area contributed by atoms with Crippen LogP contribution < -0.4 is 4.90 Å². The van der Waals surface area contributed by atoms with Crippen molar-refractivity contribution in [3.05, 3.63) is 68.9 Å². The number of hydrogen-bond acceptors (Lipinski definition) is 3. The van der Waals surface area contributed by atoms with E-state index in [9.17, 15) is 4.39 Å². The monoisotopic (exact) mass is 409 g/mol. The predicted octanol–water partition coefficient (Wildman–Crippen LogP) is 3.70. The number of quaternary nitrogens is 1. The number of benzene rings is 1. The fraction of sp³-hybridized carbons (Fsp3) is 0.222. The van der Waals surface area contributed by atoms with Crippen molar-refractivity contribution in [1.82, 2.24) is 14.3 Å².